The molecule has 0 radical (unpaired) electrons. The van der Waals surface area contributed by atoms with E-state index in [9.17, 15) is 8.42 Å². The van der Waals surface area contributed by atoms with E-state index in [0.717, 1.165) is 18.4 Å². The van der Waals surface area contributed by atoms with Crippen LogP contribution in [0.15, 0.2) is 29.2 Å². The van der Waals surface area contributed by atoms with Gasteiger partial charge in [-0.25, -0.2) is 8.42 Å². The molecule has 88 valence electrons. The van der Waals surface area contributed by atoms with Crippen LogP contribution in [0.1, 0.15) is 18.4 Å². The molecule has 16 heavy (non-hydrogen) atoms. The van der Waals surface area contributed by atoms with Crippen molar-refractivity contribution in [2.45, 2.75) is 24.7 Å². The number of nitrogens with two attached hydrogens (primary N) is 1. The highest BCUT2D eigenvalue weighted by atomic mass is 32.2. The molecule has 0 saturated heterocycles. The fourth-order valence-corrected chi connectivity index (χ4v) is 3.75. The molecule has 0 spiro atoms. The first-order chi connectivity index (χ1) is 7.47. The van der Waals surface area contributed by atoms with Gasteiger partial charge in [-0.1, -0.05) is 17.7 Å². The normalized spacial score (nSPS) is 18.4. The van der Waals surface area contributed by atoms with Crippen LogP contribution in [0.25, 0.3) is 0 Å². The van der Waals surface area contributed by atoms with E-state index in [-0.39, 0.29) is 11.2 Å². The number of aryl methyl sites for hydroxylation is 1. The van der Waals surface area contributed by atoms with Crippen molar-refractivity contribution in [3.8, 4) is 0 Å². The van der Waals surface area contributed by atoms with Gasteiger partial charge in [-0.3, -0.25) is 0 Å². The van der Waals surface area contributed by atoms with Gasteiger partial charge < -0.3 is 5.73 Å². The molecular weight excluding hydrogens is 222 g/mol. The highest BCUT2D eigenvalue weighted by Gasteiger charge is 2.45. The Bertz CT molecular complexity index is 472. The summed E-state index contributed by atoms with van der Waals surface area (Å²) in [7, 11) is -3.16. The molecule has 1 aliphatic carbocycles. The standard InChI is InChI=1S/C12H17NO2S/c1-10-2-4-11(5-3-10)16(14,15)9-12(8-13)6-7-12/h2-5H,6-9,13H2,1H3. The van der Waals surface area contributed by atoms with E-state index in [1.165, 1.54) is 0 Å². The van der Waals surface area contributed by atoms with Gasteiger partial charge in [-0.15, -0.1) is 0 Å². The summed E-state index contributed by atoms with van der Waals surface area (Å²) in [5.41, 5.74) is 6.55. The molecular formula is C12H17NO2S. The van der Waals surface area contributed by atoms with Crippen LogP contribution in [0.2, 0.25) is 0 Å². The van der Waals surface area contributed by atoms with E-state index in [2.05, 4.69) is 0 Å². The third kappa shape index (κ3) is 2.28. The molecule has 0 amide bonds. The van der Waals surface area contributed by atoms with Crippen LogP contribution in [0, 0.1) is 12.3 Å². The molecule has 1 fully saturated rings. The maximum Gasteiger partial charge on any atom is 0.178 e. The lowest BCUT2D eigenvalue weighted by atomic mass is 10.1. The first-order valence-electron chi connectivity index (χ1n) is 5.47. The molecule has 1 aliphatic rings. The predicted octanol–water partition coefficient (Wildman–Crippen LogP) is 1.51. The van der Waals surface area contributed by atoms with E-state index in [1.807, 2.05) is 19.1 Å². The number of benzene rings is 1. The Morgan fingerprint density at radius 1 is 1.25 bits per heavy atom. The van der Waals surface area contributed by atoms with Gasteiger partial charge >= 0.3 is 0 Å². The van der Waals surface area contributed by atoms with Gasteiger partial charge in [0.1, 0.15) is 0 Å². The van der Waals surface area contributed by atoms with E-state index < -0.39 is 9.84 Å². The lowest BCUT2D eigenvalue weighted by molar-refractivity contribution is 0.547. The van der Waals surface area contributed by atoms with Gasteiger partial charge in [-0.05, 0) is 43.9 Å². The van der Waals surface area contributed by atoms with Crippen LogP contribution in [0.3, 0.4) is 0 Å². The monoisotopic (exact) mass is 239 g/mol. The number of hydrogen-bond donors (Lipinski definition) is 1. The summed E-state index contributed by atoms with van der Waals surface area (Å²) in [6.07, 6.45) is 1.88. The molecule has 2 N–H and O–H groups in total. The van der Waals surface area contributed by atoms with Crippen molar-refractivity contribution in [2.24, 2.45) is 11.1 Å². The van der Waals surface area contributed by atoms with Gasteiger partial charge in [-0.2, -0.15) is 0 Å². The Kier molecular flexibility index (Phi) is 2.80. The quantitative estimate of drug-likeness (QED) is 0.866. The molecule has 1 aromatic rings. The molecule has 2 rings (SSSR count). The van der Waals surface area contributed by atoms with Gasteiger partial charge in [0.15, 0.2) is 9.84 Å². The maximum absolute atomic E-state index is 12.1. The Morgan fingerprint density at radius 3 is 2.25 bits per heavy atom. The van der Waals surface area contributed by atoms with E-state index in [1.54, 1.807) is 12.1 Å². The highest BCUT2D eigenvalue weighted by Crippen LogP contribution is 2.46. The number of sulfone groups is 1. The minimum absolute atomic E-state index is 0.135. The lowest BCUT2D eigenvalue weighted by Crippen LogP contribution is -2.25. The molecule has 0 aromatic heterocycles. The van der Waals surface area contributed by atoms with Crippen LogP contribution in [0.4, 0.5) is 0 Å². The summed E-state index contributed by atoms with van der Waals surface area (Å²) in [6, 6.07) is 7.01. The van der Waals surface area contributed by atoms with Crippen molar-refractivity contribution < 1.29 is 8.42 Å². The zero-order chi connectivity index (χ0) is 11.8. The summed E-state index contributed by atoms with van der Waals surface area (Å²) >= 11 is 0. The molecule has 0 aliphatic heterocycles. The van der Waals surface area contributed by atoms with Crippen molar-refractivity contribution in [3.63, 3.8) is 0 Å². The van der Waals surface area contributed by atoms with Crippen LogP contribution >= 0.6 is 0 Å². The topological polar surface area (TPSA) is 60.2 Å². The van der Waals surface area contributed by atoms with Gasteiger partial charge in [0.25, 0.3) is 0 Å². The van der Waals surface area contributed by atoms with E-state index >= 15 is 0 Å². The van der Waals surface area contributed by atoms with Crippen LogP contribution in [-0.4, -0.2) is 20.7 Å². The molecule has 0 bridgehead atoms. The van der Waals surface area contributed by atoms with Gasteiger partial charge in [0.2, 0.25) is 0 Å². The van der Waals surface area contributed by atoms with Gasteiger partial charge in [0, 0.05) is 0 Å². The van der Waals surface area contributed by atoms with Crippen LogP contribution < -0.4 is 5.73 Å². The third-order valence-electron chi connectivity index (χ3n) is 3.27. The Morgan fingerprint density at radius 2 is 1.81 bits per heavy atom. The average molecular weight is 239 g/mol. The first kappa shape index (κ1) is 11.6. The minimum atomic E-state index is -3.16. The van der Waals surface area contributed by atoms with Crippen molar-refractivity contribution in [1.82, 2.24) is 0 Å². The Balaban J connectivity index is 2.22. The second kappa shape index (κ2) is 3.86. The van der Waals surface area contributed by atoms with E-state index in [4.69, 9.17) is 5.73 Å². The van der Waals surface area contributed by atoms with Crippen molar-refractivity contribution in [1.29, 1.82) is 0 Å². The first-order valence-corrected chi connectivity index (χ1v) is 7.12. The average Bonchev–Trinajstić information content (AvgIpc) is 2.98. The Labute approximate surface area is 96.6 Å². The number of hydrogen-bond acceptors (Lipinski definition) is 3. The SMILES string of the molecule is Cc1ccc(S(=O)(=O)CC2(CN)CC2)cc1. The summed E-state index contributed by atoms with van der Waals surface area (Å²) < 4.78 is 24.2. The second-order valence-electron chi connectivity index (χ2n) is 4.78. The summed E-state index contributed by atoms with van der Waals surface area (Å²) in [6.45, 7) is 2.41. The second-order valence-corrected chi connectivity index (χ2v) is 6.77. The molecule has 3 nitrogen and oxygen atoms in total. The highest BCUT2D eigenvalue weighted by molar-refractivity contribution is 7.91. The van der Waals surface area contributed by atoms with Crippen molar-refractivity contribution in [2.75, 3.05) is 12.3 Å². The van der Waals surface area contributed by atoms with E-state index in [0.29, 0.717) is 11.4 Å². The lowest BCUT2D eigenvalue weighted by Gasteiger charge is -2.12. The zero-order valence-electron chi connectivity index (χ0n) is 9.44. The van der Waals surface area contributed by atoms with Crippen molar-refractivity contribution in [3.05, 3.63) is 29.8 Å². The fourth-order valence-electron chi connectivity index (χ4n) is 1.82. The molecule has 0 unspecified atom stereocenters. The molecule has 1 aromatic carbocycles. The summed E-state index contributed by atoms with van der Waals surface area (Å²) in [5.74, 6) is 0.194. The smallest absolute Gasteiger partial charge is 0.178 e. The fraction of sp³-hybridized carbons (Fsp3) is 0.500. The molecule has 1 saturated carbocycles. The van der Waals surface area contributed by atoms with Crippen LogP contribution in [-0.2, 0) is 9.84 Å². The summed E-state index contributed by atoms with van der Waals surface area (Å²) in [4.78, 5) is 0.415. The molecule has 4 heteroatoms. The van der Waals surface area contributed by atoms with Gasteiger partial charge in [0.05, 0.1) is 10.6 Å². The predicted molar refractivity (Wildman–Crippen MR) is 64.0 cm³/mol. The molecule has 0 atom stereocenters. The maximum atomic E-state index is 12.1. The number of rotatable bonds is 4. The largest absolute Gasteiger partial charge is 0.330 e. The zero-order valence-corrected chi connectivity index (χ0v) is 10.3. The summed E-state index contributed by atoms with van der Waals surface area (Å²) in [5, 5.41) is 0. The van der Waals surface area contributed by atoms with Crippen LogP contribution in [0.5, 0.6) is 0 Å². The Hall–Kier alpha value is -0.870. The van der Waals surface area contributed by atoms with Crippen molar-refractivity contribution >= 4 is 9.84 Å². The minimum Gasteiger partial charge on any atom is -0.330 e. The molecule has 0 heterocycles. The third-order valence-corrected chi connectivity index (χ3v) is 5.25.